The number of rotatable bonds is 2. The van der Waals surface area contributed by atoms with Crippen molar-refractivity contribution in [3.8, 4) is 11.3 Å². The Labute approximate surface area is 133 Å². The van der Waals surface area contributed by atoms with Crippen molar-refractivity contribution in [3.63, 3.8) is 0 Å². The van der Waals surface area contributed by atoms with Gasteiger partial charge in [-0.25, -0.2) is 4.79 Å². The molecule has 0 saturated carbocycles. The molecule has 6 heteroatoms. The Balaban J connectivity index is 1.43. The molecule has 4 fully saturated rings. The second-order valence-electron chi connectivity index (χ2n) is 6.75. The second-order valence-corrected chi connectivity index (χ2v) is 6.75. The Morgan fingerprint density at radius 2 is 2.04 bits per heavy atom. The SMILES string of the molecule is O=C1O[C@]2(CN3CCC2CC3)CN1c1coc(-c2ccoc2)c1. The van der Waals surface area contributed by atoms with E-state index in [0.717, 1.165) is 43.7 Å². The molecule has 1 amide bonds. The molecule has 2 bridgehead atoms. The first-order chi connectivity index (χ1) is 11.2. The van der Waals surface area contributed by atoms with Crippen LogP contribution in [0.1, 0.15) is 12.8 Å². The summed E-state index contributed by atoms with van der Waals surface area (Å²) >= 11 is 0. The molecular weight excluding hydrogens is 296 g/mol. The third-order valence-electron chi connectivity index (χ3n) is 5.46. The summed E-state index contributed by atoms with van der Waals surface area (Å²) in [6, 6.07) is 3.70. The number of anilines is 1. The van der Waals surface area contributed by atoms with Crippen LogP contribution in [-0.4, -0.2) is 42.8 Å². The Morgan fingerprint density at radius 3 is 2.74 bits per heavy atom. The summed E-state index contributed by atoms with van der Waals surface area (Å²) in [4.78, 5) is 16.6. The van der Waals surface area contributed by atoms with Crippen LogP contribution in [0.15, 0.2) is 39.8 Å². The first-order valence-corrected chi connectivity index (χ1v) is 8.07. The molecule has 23 heavy (non-hydrogen) atoms. The highest BCUT2D eigenvalue weighted by atomic mass is 16.6. The highest BCUT2D eigenvalue weighted by Crippen LogP contribution is 2.43. The Kier molecular flexibility index (Phi) is 2.68. The largest absolute Gasteiger partial charge is 0.472 e. The highest BCUT2D eigenvalue weighted by Gasteiger charge is 2.55. The number of hydrogen-bond donors (Lipinski definition) is 0. The number of fused-ring (bicyclic) bond motifs is 2. The van der Waals surface area contributed by atoms with Gasteiger partial charge in [0.25, 0.3) is 0 Å². The molecule has 0 unspecified atom stereocenters. The van der Waals surface area contributed by atoms with Crippen LogP contribution in [0.5, 0.6) is 0 Å². The van der Waals surface area contributed by atoms with Crippen LogP contribution in [0.25, 0.3) is 11.3 Å². The van der Waals surface area contributed by atoms with Gasteiger partial charge in [0.15, 0.2) is 0 Å². The molecule has 1 atom stereocenters. The molecule has 4 saturated heterocycles. The van der Waals surface area contributed by atoms with Crippen molar-refractivity contribution >= 4 is 11.8 Å². The highest BCUT2D eigenvalue weighted by molar-refractivity contribution is 5.91. The van der Waals surface area contributed by atoms with Gasteiger partial charge >= 0.3 is 6.09 Å². The molecule has 4 aliphatic rings. The molecule has 6 heterocycles. The predicted octanol–water partition coefficient (Wildman–Crippen LogP) is 2.96. The van der Waals surface area contributed by atoms with Crippen molar-refractivity contribution in [1.82, 2.24) is 4.90 Å². The molecule has 0 aromatic carbocycles. The fourth-order valence-corrected chi connectivity index (χ4v) is 4.23. The third kappa shape index (κ3) is 1.94. The van der Waals surface area contributed by atoms with Gasteiger partial charge in [0.2, 0.25) is 0 Å². The molecule has 2 aromatic rings. The van der Waals surface area contributed by atoms with E-state index < -0.39 is 0 Å². The van der Waals surface area contributed by atoms with E-state index in [2.05, 4.69) is 4.90 Å². The van der Waals surface area contributed by atoms with Gasteiger partial charge in [0, 0.05) is 18.5 Å². The van der Waals surface area contributed by atoms with Crippen LogP contribution in [0.3, 0.4) is 0 Å². The quantitative estimate of drug-likeness (QED) is 0.853. The minimum absolute atomic E-state index is 0.265. The molecule has 0 N–H and O–H groups in total. The first kappa shape index (κ1) is 13.2. The van der Waals surface area contributed by atoms with Crippen LogP contribution < -0.4 is 4.90 Å². The monoisotopic (exact) mass is 314 g/mol. The Bertz CT molecular complexity index is 730. The van der Waals surface area contributed by atoms with E-state index in [1.807, 2.05) is 12.1 Å². The van der Waals surface area contributed by atoms with Gasteiger partial charge in [0.1, 0.15) is 23.9 Å². The van der Waals surface area contributed by atoms with E-state index in [9.17, 15) is 4.79 Å². The average molecular weight is 314 g/mol. The topological polar surface area (TPSA) is 59.1 Å². The van der Waals surface area contributed by atoms with Crippen LogP contribution >= 0.6 is 0 Å². The summed E-state index contributed by atoms with van der Waals surface area (Å²) in [6.45, 7) is 3.71. The zero-order valence-corrected chi connectivity index (χ0v) is 12.7. The normalized spacial score (nSPS) is 32.7. The fraction of sp³-hybridized carbons (Fsp3) is 0.471. The van der Waals surface area contributed by atoms with Crippen molar-refractivity contribution in [2.45, 2.75) is 18.4 Å². The molecule has 4 aliphatic heterocycles. The summed E-state index contributed by atoms with van der Waals surface area (Å²) < 4.78 is 16.5. The molecule has 1 spiro atoms. The first-order valence-electron chi connectivity index (χ1n) is 8.07. The van der Waals surface area contributed by atoms with Gasteiger partial charge in [-0.05, 0) is 32.0 Å². The minimum atomic E-state index is -0.347. The van der Waals surface area contributed by atoms with Crippen LogP contribution in [-0.2, 0) is 4.74 Å². The van der Waals surface area contributed by atoms with Crippen molar-refractivity contribution < 1.29 is 18.4 Å². The molecular formula is C17H18N2O4. The van der Waals surface area contributed by atoms with Crippen molar-refractivity contribution in [2.24, 2.45) is 5.92 Å². The molecule has 0 radical (unpaired) electrons. The third-order valence-corrected chi connectivity index (χ3v) is 5.46. The lowest BCUT2D eigenvalue weighted by molar-refractivity contribution is -0.0881. The van der Waals surface area contributed by atoms with Crippen LogP contribution in [0.4, 0.5) is 10.5 Å². The van der Waals surface area contributed by atoms with Gasteiger partial charge in [-0.1, -0.05) is 0 Å². The van der Waals surface area contributed by atoms with Crippen molar-refractivity contribution in [2.75, 3.05) is 31.1 Å². The van der Waals surface area contributed by atoms with Gasteiger partial charge in [0.05, 0.1) is 24.1 Å². The zero-order chi connectivity index (χ0) is 15.4. The number of hydrogen-bond acceptors (Lipinski definition) is 5. The fourth-order valence-electron chi connectivity index (χ4n) is 4.23. The number of nitrogens with zero attached hydrogens (tertiary/aromatic N) is 2. The van der Waals surface area contributed by atoms with E-state index in [0.29, 0.717) is 18.2 Å². The molecule has 120 valence electrons. The minimum Gasteiger partial charge on any atom is -0.472 e. The predicted molar refractivity (Wildman–Crippen MR) is 82.1 cm³/mol. The van der Waals surface area contributed by atoms with E-state index in [-0.39, 0.29) is 11.7 Å². The molecule has 0 aliphatic carbocycles. The number of ether oxygens (including phenoxy) is 1. The lowest BCUT2D eigenvalue weighted by atomic mass is 9.75. The van der Waals surface area contributed by atoms with E-state index in [1.165, 1.54) is 0 Å². The summed E-state index contributed by atoms with van der Waals surface area (Å²) in [5.41, 5.74) is 1.27. The lowest BCUT2D eigenvalue weighted by Gasteiger charge is -2.49. The maximum absolute atomic E-state index is 12.4. The maximum atomic E-state index is 12.4. The smallest absolute Gasteiger partial charge is 0.415 e. The summed E-state index contributed by atoms with van der Waals surface area (Å²) in [6.07, 6.45) is 6.81. The number of amides is 1. The molecule has 6 nitrogen and oxygen atoms in total. The van der Waals surface area contributed by atoms with E-state index >= 15 is 0 Å². The Hall–Kier alpha value is -2.21. The number of furan rings is 2. The molecule has 2 aromatic heterocycles. The lowest BCUT2D eigenvalue weighted by Crippen LogP contribution is -2.61. The van der Waals surface area contributed by atoms with Gasteiger partial charge < -0.3 is 13.6 Å². The summed E-state index contributed by atoms with van der Waals surface area (Å²) in [5, 5.41) is 0. The summed E-state index contributed by atoms with van der Waals surface area (Å²) in [7, 11) is 0. The van der Waals surface area contributed by atoms with Gasteiger partial charge in [-0.15, -0.1) is 0 Å². The van der Waals surface area contributed by atoms with Crippen molar-refractivity contribution in [3.05, 3.63) is 30.9 Å². The second kappa shape index (κ2) is 4.64. The van der Waals surface area contributed by atoms with Gasteiger partial charge in [-0.2, -0.15) is 0 Å². The molecule has 6 rings (SSSR count). The zero-order valence-electron chi connectivity index (χ0n) is 12.7. The maximum Gasteiger partial charge on any atom is 0.415 e. The van der Waals surface area contributed by atoms with E-state index in [1.54, 1.807) is 23.7 Å². The number of carbonyl (C=O) groups excluding carboxylic acids is 1. The standard InChI is InChI=1S/C17H18N2O4/c20-16-19(14-7-15(22-9-14)12-3-6-21-8-12)11-17(23-16)10-18-4-1-13(17)2-5-18/h3,6-9,13H,1-2,4-5,10-11H2/t17-/m1/s1. The summed E-state index contributed by atoms with van der Waals surface area (Å²) in [5.74, 6) is 1.16. The number of carbonyl (C=O) groups is 1. The average Bonchev–Trinajstić information content (AvgIpc) is 3.28. The van der Waals surface area contributed by atoms with Crippen LogP contribution in [0.2, 0.25) is 0 Å². The Morgan fingerprint density at radius 1 is 1.17 bits per heavy atom. The van der Waals surface area contributed by atoms with E-state index in [4.69, 9.17) is 13.6 Å². The number of piperidine rings is 3. The van der Waals surface area contributed by atoms with Gasteiger partial charge in [-0.3, -0.25) is 9.80 Å². The van der Waals surface area contributed by atoms with Crippen LogP contribution in [0, 0.1) is 5.92 Å². The van der Waals surface area contributed by atoms with Crippen molar-refractivity contribution in [1.29, 1.82) is 0 Å².